The maximum Gasteiger partial charge on any atom is 0.306 e. The summed E-state index contributed by atoms with van der Waals surface area (Å²) in [5, 5.41) is 0. The Labute approximate surface area is 390 Å². The van der Waals surface area contributed by atoms with Crippen LogP contribution in [0.4, 0.5) is 0 Å². The van der Waals surface area contributed by atoms with Gasteiger partial charge in [0, 0.05) is 19.3 Å². The van der Waals surface area contributed by atoms with E-state index in [1.165, 1.54) is 180 Å². The molecule has 0 saturated carbocycles. The van der Waals surface area contributed by atoms with Crippen molar-refractivity contribution in [2.75, 3.05) is 13.2 Å². The lowest BCUT2D eigenvalue weighted by molar-refractivity contribution is -0.166. The predicted octanol–water partition coefficient (Wildman–Crippen LogP) is 17.9. The van der Waals surface area contributed by atoms with Gasteiger partial charge in [-0.05, 0) is 64.2 Å². The van der Waals surface area contributed by atoms with Crippen LogP contribution in [0.2, 0.25) is 0 Å². The molecule has 1 atom stereocenters. The van der Waals surface area contributed by atoms with E-state index in [2.05, 4.69) is 63.3 Å². The lowest BCUT2D eigenvalue weighted by Crippen LogP contribution is -2.30. The summed E-state index contributed by atoms with van der Waals surface area (Å²) in [5.41, 5.74) is 0. The minimum atomic E-state index is -0.801. The Bertz CT molecular complexity index is 1110. The highest BCUT2D eigenvalue weighted by Crippen LogP contribution is 2.15. The van der Waals surface area contributed by atoms with Crippen molar-refractivity contribution in [3.8, 4) is 0 Å². The van der Waals surface area contributed by atoms with Crippen LogP contribution in [0.3, 0.4) is 0 Å². The van der Waals surface area contributed by atoms with Crippen molar-refractivity contribution in [3.63, 3.8) is 0 Å². The van der Waals surface area contributed by atoms with Crippen LogP contribution < -0.4 is 0 Å². The number of carbonyl (C=O) groups is 3. The van der Waals surface area contributed by atoms with Crippen molar-refractivity contribution in [2.24, 2.45) is 0 Å². The van der Waals surface area contributed by atoms with Gasteiger partial charge in [-0.15, -0.1) is 0 Å². The first-order valence-corrected chi connectivity index (χ1v) is 27.2. The molecule has 0 rings (SSSR count). The molecule has 0 aliphatic rings. The monoisotopic (exact) mass is 883 g/mol. The first-order valence-electron chi connectivity index (χ1n) is 27.2. The molecule has 0 aliphatic carbocycles. The van der Waals surface area contributed by atoms with Gasteiger partial charge in [-0.2, -0.15) is 0 Å². The van der Waals surface area contributed by atoms with Crippen LogP contribution in [0.25, 0.3) is 0 Å². The lowest BCUT2D eigenvalue weighted by atomic mass is 10.0. The summed E-state index contributed by atoms with van der Waals surface area (Å²) in [6, 6.07) is 0. The van der Waals surface area contributed by atoms with Gasteiger partial charge in [-0.1, -0.05) is 243 Å². The summed E-state index contributed by atoms with van der Waals surface area (Å²) < 4.78 is 16.8. The zero-order valence-electron chi connectivity index (χ0n) is 41.8. The molecule has 0 fully saturated rings. The van der Waals surface area contributed by atoms with Crippen molar-refractivity contribution in [3.05, 3.63) is 48.6 Å². The molecule has 366 valence electrons. The zero-order valence-corrected chi connectivity index (χ0v) is 41.8. The van der Waals surface area contributed by atoms with E-state index in [4.69, 9.17) is 14.2 Å². The number of hydrogen-bond donors (Lipinski definition) is 0. The van der Waals surface area contributed by atoms with Crippen LogP contribution in [-0.4, -0.2) is 37.2 Å². The topological polar surface area (TPSA) is 78.9 Å². The van der Waals surface area contributed by atoms with E-state index in [0.29, 0.717) is 19.3 Å². The Balaban J connectivity index is 4.37. The van der Waals surface area contributed by atoms with E-state index in [9.17, 15) is 14.4 Å². The van der Waals surface area contributed by atoms with Gasteiger partial charge in [-0.3, -0.25) is 14.4 Å². The predicted molar refractivity (Wildman–Crippen MR) is 270 cm³/mol. The Morgan fingerprint density at radius 1 is 0.333 bits per heavy atom. The van der Waals surface area contributed by atoms with Gasteiger partial charge in [0.15, 0.2) is 6.10 Å². The average molecular weight is 883 g/mol. The second-order valence-electron chi connectivity index (χ2n) is 18.2. The Morgan fingerprint density at radius 3 is 1.06 bits per heavy atom. The number of hydrogen-bond acceptors (Lipinski definition) is 6. The molecule has 0 N–H and O–H groups in total. The van der Waals surface area contributed by atoms with Gasteiger partial charge < -0.3 is 14.2 Å². The molecule has 0 radical (unpaired) electrons. The third-order valence-corrected chi connectivity index (χ3v) is 11.8. The summed E-state index contributed by atoms with van der Waals surface area (Å²) in [4.78, 5) is 38.0. The van der Waals surface area contributed by atoms with Crippen LogP contribution in [0.15, 0.2) is 48.6 Å². The first-order chi connectivity index (χ1) is 31.0. The average Bonchev–Trinajstić information content (AvgIpc) is 3.28. The maximum absolute atomic E-state index is 12.8. The molecule has 0 saturated heterocycles. The zero-order chi connectivity index (χ0) is 45.8. The van der Waals surface area contributed by atoms with Gasteiger partial charge in [0.25, 0.3) is 0 Å². The number of esters is 3. The van der Waals surface area contributed by atoms with Gasteiger partial charge >= 0.3 is 17.9 Å². The number of carbonyl (C=O) groups excluding carboxylic acids is 3. The van der Waals surface area contributed by atoms with Gasteiger partial charge in [0.2, 0.25) is 0 Å². The fourth-order valence-corrected chi connectivity index (χ4v) is 7.72. The van der Waals surface area contributed by atoms with Crippen LogP contribution in [0.5, 0.6) is 0 Å². The fourth-order valence-electron chi connectivity index (χ4n) is 7.72. The molecule has 0 aliphatic heterocycles. The molecule has 1 unspecified atom stereocenters. The van der Waals surface area contributed by atoms with Gasteiger partial charge in [-0.25, -0.2) is 0 Å². The smallest absolute Gasteiger partial charge is 0.306 e. The van der Waals surface area contributed by atoms with Crippen LogP contribution in [0.1, 0.15) is 278 Å². The molecule has 0 heterocycles. The molecular weight excluding hydrogens is 781 g/mol. The Kier molecular flexibility index (Phi) is 49.8. The van der Waals surface area contributed by atoms with E-state index < -0.39 is 6.10 Å². The first kappa shape index (κ1) is 60.4. The summed E-state index contributed by atoms with van der Waals surface area (Å²) in [6.45, 7) is 6.57. The quantitative estimate of drug-likeness (QED) is 0.0199. The number of rotatable bonds is 49. The second kappa shape index (κ2) is 52.0. The van der Waals surface area contributed by atoms with Crippen LogP contribution in [0, 0.1) is 0 Å². The molecule has 0 bridgehead atoms. The minimum Gasteiger partial charge on any atom is -0.462 e. The minimum absolute atomic E-state index is 0.0938. The van der Waals surface area contributed by atoms with Crippen molar-refractivity contribution in [2.45, 2.75) is 284 Å². The van der Waals surface area contributed by atoms with Crippen LogP contribution >= 0.6 is 0 Å². The third-order valence-electron chi connectivity index (χ3n) is 11.8. The molecule has 0 spiro atoms. The molecule has 0 aromatic heterocycles. The van der Waals surface area contributed by atoms with Crippen molar-refractivity contribution >= 4 is 17.9 Å². The van der Waals surface area contributed by atoms with Gasteiger partial charge in [0.05, 0.1) is 0 Å². The van der Waals surface area contributed by atoms with Crippen molar-refractivity contribution < 1.29 is 28.6 Å². The standard InChI is InChI=1S/C57H102O6/c1-4-7-10-13-16-19-22-25-26-27-28-29-30-33-35-38-41-44-47-50-56(59)62-53-54(63-57(60)51-48-45-42-39-36-32-24-21-18-15-12-9-6-3)52-61-55(58)49-46-43-40-37-34-31-23-20-17-14-11-8-5-2/h16,19,22,25,32,36,42,45,54H,4-15,17-18,20-21,23-24,26-31,33-35,37-41,43-44,46-53H2,1-3H3/b19-16+,25-22+,36-32+,45-42+. The number of ether oxygens (including phenoxy) is 3. The van der Waals surface area contributed by atoms with E-state index in [1.807, 2.05) is 6.08 Å². The molecular formula is C57H102O6. The largest absolute Gasteiger partial charge is 0.462 e. The third kappa shape index (κ3) is 50.2. The van der Waals surface area contributed by atoms with Crippen molar-refractivity contribution in [1.82, 2.24) is 0 Å². The number of allylic oxidation sites excluding steroid dienone is 8. The Morgan fingerprint density at radius 2 is 0.651 bits per heavy atom. The molecule has 6 heteroatoms. The SMILES string of the molecule is CCCCC/C=C/C=C/CCCCCCCCCCCCC(=O)OCC(COC(=O)CCCCCCCCCCCCCCC)OC(=O)CC/C=C/C/C=C/CCCCCCCC. The summed E-state index contributed by atoms with van der Waals surface area (Å²) >= 11 is 0. The summed E-state index contributed by atoms with van der Waals surface area (Å²) in [6.07, 6.45) is 62.5. The maximum atomic E-state index is 12.8. The van der Waals surface area contributed by atoms with Crippen molar-refractivity contribution in [1.29, 1.82) is 0 Å². The van der Waals surface area contributed by atoms with E-state index >= 15 is 0 Å². The van der Waals surface area contributed by atoms with E-state index in [-0.39, 0.29) is 37.5 Å². The molecule has 0 amide bonds. The molecule has 6 nitrogen and oxygen atoms in total. The fraction of sp³-hybridized carbons (Fsp3) is 0.807. The highest BCUT2D eigenvalue weighted by Gasteiger charge is 2.19. The Hall–Kier alpha value is -2.63. The van der Waals surface area contributed by atoms with Gasteiger partial charge in [0.1, 0.15) is 13.2 Å². The number of unbranched alkanes of at least 4 members (excludes halogenated alkanes) is 31. The summed E-state index contributed by atoms with van der Waals surface area (Å²) in [5.74, 6) is -0.956. The van der Waals surface area contributed by atoms with E-state index in [0.717, 1.165) is 51.4 Å². The molecule has 0 aromatic carbocycles. The second-order valence-corrected chi connectivity index (χ2v) is 18.2. The van der Waals surface area contributed by atoms with Crippen LogP contribution in [-0.2, 0) is 28.6 Å². The van der Waals surface area contributed by atoms with E-state index in [1.54, 1.807) is 0 Å². The highest BCUT2D eigenvalue weighted by atomic mass is 16.6. The molecule has 63 heavy (non-hydrogen) atoms. The normalized spacial score (nSPS) is 12.4. The molecule has 0 aromatic rings. The summed E-state index contributed by atoms with van der Waals surface area (Å²) in [7, 11) is 0. The highest BCUT2D eigenvalue weighted by molar-refractivity contribution is 5.71. The lowest BCUT2D eigenvalue weighted by Gasteiger charge is -2.18.